The molecular weight excluding hydrogens is 977 g/mol. The zero-order valence-corrected chi connectivity index (χ0v) is 44.3. The van der Waals surface area contributed by atoms with Crippen molar-refractivity contribution in [1.29, 1.82) is 0 Å². The molecule has 14 aromatic rings. The molecule has 2 heteroatoms. The topological polar surface area (TPSA) is 6.48 Å². The summed E-state index contributed by atoms with van der Waals surface area (Å²) in [6.45, 7) is 0. The van der Waals surface area contributed by atoms with Gasteiger partial charge in [-0.2, -0.15) is 0 Å². The molecule has 1 heterocycles. The molecule has 0 fully saturated rings. The van der Waals surface area contributed by atoms with E-state index < -0.39 is 5.41 Å². The Bertz CT molecular complexity index is 4810. The Kier molecular flexibility index (Phi) is 9.96. The van der Waals surface area contributed by atoms with E-state index >= 15 is 0 Å². The lowest BCUT2D eigenvalue weighted by Crippen LogP contribution is -2.26. The van der Waals surface area contributed by atoms with Gasteiger partial charge in [-0.15, -0.1) is 0 Å². The molecule has 0 N–H and O–H groups in total. The molecule has 2 nitrogen and oxygen atoms in total. The zero-order chi connectivity index (χ0) is 53.2. The van der Waals surface area contributed by atoms with Crippen LogP contribution in [0.2, 0.25) is 0 Å². The van der Waals surface area contributed by atoms with E-state index in [4.69, 9.17) is 0 Å². The second kappa shape index (κ2) is 17.7. The monoisotopic (exact) mass is 1030 g/mol. The average molecular weight is 1030 g/mol. The van der Waals surface area contributed by atoms with E-state index in [9.17, 15) is 0 Å². The highest BCUT2D eigenvalue weighted by Gasteiger charge is 2.51. The lowest BCUT2D eigenvalue weighted by atomic mass is 9.70. The van der Waals surface area contributed by atoms with Crippen LogP contribution in [-0.2, 0) is 5.41 Å². The average Bonchev–Trinajstić information content (AvgIpc) is 2.49. The molecule has 0 aromatic heterocycles. The van der Waals surface area contributed by atoms with E-state index in [1.54, 1.807) is 0 Å². The lowest BCUT2D eigenvalue weighted by Gasteiger charge is -2.34. The molecule has 17 rings (SSSR count). The van der Waals surface area contributed by atoms with Gasteiger partial charge in [-0.05, 0) is 172 Å². The molecule has 376 valence electrons. The normalized spacial score (nSPS) is 13.0. The lowest BCUT2D eigenvalue weighted by molar-refractivity contribution is 0.793. The number of rotatable bonds is 7. The predicted octanol–water partition coefficient (Wildman–Crippen LogP) is 21.4. The molecule has 0 atom stereocenters. The van der Waals surface area contributed by atoms with Gasteiger partial charge in [0.1, 0.15) is 0 Å². The van der Waals surface area contributed by atoms with Gasteiger partial charge in [0.25, 0.3) is 0 Å². The Balaban J connectivity index is 0.781. The van der Waals surface area contributed by atoms with Crippen LogP contribution in [0.3, 0.4) is 0 Å². The Hall–Kier alpha value is -10.5. The molecule has 0 unspecified atom stereocenters. The van der Waals surface area contributed by atoms with Crippen LogP contribution in [0.1, 0.15) is 22.3 Å². The Labute approximate surface area is 471 Å². The quantitative estimate of drug-likeness (QED) is 0.157. The standard InChI is InChI=1S/C79H50N2/c1-3-24-62-52(16-1)18-12-29-63(62)54-38-43-60(44-39-54)80(61-45-46-68-67-28-7-10-33-73(67)79(74(68)50-61)71-31-8-5-26-65(71)66-27-6-9-32-72(66)79)59-41-36-51(37-42-59)56-22-11-23-57(48-56)58-40-47-76-70(49-58)69-30-13-20-55-21-15-35-77(78(55)69)81(76)75-34-14-19-53-17-2-4-25-64(53)75/h1-50H. The van der Waals surface area contributed by atoms with Crippen molar-refractivity contribution in [2.75, 3.05) is 9.80 Å². The van der Waals surface area contributed by atoms with Crippen LogP contribution >= 0.6 is 0 Å². The van der Waals surface area contributed by atoms with Crippen LogP contribution in [-0.4, -0.2) is 0 Å². The first-order valence-corrected chi connectivity index (χ1v) is 28.1. The minimum atomic E-state index is -0.458. The van der Waals surface area contributed by atoms with Gasteiger partial charge in [0.05, 0.1) is 22.5 Å². The summed E-state index contributed by atoms with van der Waals surface area (Å²) in [6.07, 6.45) is 0. The molecule has 2 aliphatic carbocycles. The fourth-order valence-corrected chi connectivity index (χ4v) is 14.3. The Morgan fingerprint density at radius 3 is 1.37 bits per heavy atom. The van der Waals surface area contributed by atoms with Gasteiger partial charge in [-0.3, -0.25) is 0 Å². The van der Waals surface area contributed by atoms with E-state index in [-0.39, 0.29) is 0 Å². The molecule has 0 saturated carbocycles. The summed E-state index contributed by atoms with van der Waals surface area (Å²) < 4.78 is 0. The van der Waals surface area contributed by atoms with Crippen LogP contribution in [0, 0.1) is 0 Å². The van der Waals surface area contributed by atoms with Gasteiger partial charge in [0, 0.05) is 33.4 Å². The van der Waals surface area contributed by atoms with Crippen molar-refractivity contribution in [3.05, 3.63) is 326 Å². The second-order valence-electron chi connectivity index (χ2n) is 21.9. The molecule has 81 heavy (non-hydrogen) atoms. The third-order valence-electron chi connectivity index (χ3n) is 17.8. The van der Waals surface area contributed by atoms with E-state index in [1.807, 2.05) is 0 Å². The smallest absolute Gasteiger partial charge is 0.0726 e. The first kappa shape index (κ1) is 45.5. The maximum Gasteiger partial charge on any atom is 0.0726 e. The number of anilines is 6. The van der Waals surface area contributed by atoms with Crippen molar-refractivity contribution in [3.63, 3.8) is 0 Å². The minimum Gasteiger partial charge on any atom is -0.310 e. The summed E-state index contributed by atoms with van der Waals surface area (Å²) in [4.78, 5) is 4.92. The maximum atomic E-state index is 2.49. The van der Waals surface area contributed by atoms with Crippen molar-refractivity contribution in [3.8, 4) is 66.8 Å². The summed E-state index contributed by atoms with van der Waals surface area (Å²) >= 11 is 0. The highest BCUT2D eigenvalue weighted by molar-refractivity contribution is 6.16. The number of hydrogen-bond acceptors (Lipinski definition) is 2. The van der Waals surface area contributed by atoms with Crippen molar-refractivity contribution in [2.24, 2.45) is 0 Å². The first-order chi connectivity index (χ1) is 40.2. The predicted molar refractivity (Wildman–Crippen MR) is 340 cm³/mol. The molecular formula is C79H50N2. The number of fused-ring (bicyclic) bond motifs is 14. The van der Waals surface area contributed by atoms with E-state index in [1.165, 1.54) is 133 Å². The van der Waals surface area contributed by atoms with Crippen molar-refractivity contribution < 1.29 is 0 Å². The second-order valence-corrected chi connectivity index (χ2v) is 21.9. The molecule has 1 aliphatic heterocycles. The maximum absolute atomic E-state index is 2.49. The van der Waals surface area contributed by atoms with Gasteiger partial charge in [0.15, 0.2) is 0 Å². The van der Waals surface area contributed by atoms with E-state index in [0.29, 0.717) is 0 Å². The fourth-order valence-electron chi connectivity index (χ4n) is 14.3. The highest BCUT2D eigenvalue weighted by Crippen LogP contribution is 2.63. The van der Waals surface area contributed by atoms with Crippen LogP contribution in [0.4, 0.5) is 34.1 Å². The molecule has 14 aromatic carbocycles. The van der Waals surface area contributed by atoms with Crippen LogP contribution in [0.5, 0.6) is 0 Å². The van der Waals surface area contributed by atoms with Gasteiger partial charge >= 0.3 is 0 Å². The molecule has 0 saturated heterocycles. The van der Waals surface area contributed by atoms with Crippen molar-refractivity contribution in [2.45, 2.75) is 5.41 Å². The van der Waals surface area contributed by atoms with Crippen molar-refractivity contribution >= 4 is 66.4 Å². The molecule has 1 spiro atoms. The van der Waals surface area contributed by atoms with Gasteiger partial charge in [-0.1, -0.05) is 237 Å². The van der Waals surface area contributed by atoms with Gasteiger partial charge < -0.3 is 9.80 Å². The number of hydrogen-bond donors (Lipinski definition) is 0. The van der Waals surface area contributed by atoms with E-state index in [2.05, 4.69) is 313 Å². The summed E-state index contributed by atoms with van der Waals surface area (Å²) in [5, 5.41) is 7.47. The van der Waals surface area contributed by atoms with Crippen LogP contribution in [0.15, 0.2) is 303 Å². The summed E-state index contributed by atoms with van der Waals surface area (Å²) in [5.74, 6) is 0. The number of nitrogens with zero attached hydrogens (tertiary/aromatic N) is 2. The third-order valence-corrected chi connectivity index (χ3v) is 17.8. The minimum absolute atomic E-state index is 0.458. The fraction of sp³-hybridized carbons (Fsp3) is 0.0127. The van der Waals surface area contributed by atoms with Gasteiger partial charge in [-0.25, -0.2) is 0 Å². The van der Waals surface area contributed by atoms with Crippen LogP contribution < -0.4 is 9.80 Å². The van der Waals surface area contributed by atoms with E-state index in [0.717, 1.165) is 22.6 Å². The summed E-state index contributed by atoms with van der Waals surface area (Å²) in [5.41, 5.74) is 26.5. The number of benzene rings is 14. The third kappa shape index (κ3) is 6.75. The molecule has 0 amide bonds. The molecule has 0 bridgehead atoms. The summed E-state index contributed by atoms with van der Waals surface area (Å²) in [7, 11) is 0. The Morgan fingerprint density at radius 2 is 0.691 bits per heavy atom. The molecule has 0 radical (unpaired) electrons. The summed E-state index contributed by atoms with van der Waals surface area (Å²) in [6, 6.07) is 113. The largest absolute Gasteiger partial charge is 0.310 e. The first-order valence-electron chi connectivity index (χ1n) is 28.1. The SMILES string of the molecule is c1cc(-c2ccc(N(c3ccc(-c4cccc5ccccc45)cc3)c3ccc4c(c3)C3(c5ccccc5-c5ccccc53)c3ccccc3-4)cc2)cc(-c2ccc3c(c2)-c2cccc4cccc(c24)N3c2cccc3ccccc23)c1. The zero-order valence-electron chi connectivity index (χ0n) is 44.3. The van der Waals surface area contributed by atoms with Crippen molar-refractivity contribution in [1.82, 2.24) is 0 Å². The van der Waals surface area contributed by atoms with Crippen LogP contribution in [0.25, 0.3) is 99.1 Å². The molecule has 3 aliphatic rings. The highest BCUT2D eigenvalue weighted by atomic mass is 15.2. The Morgan fingerprint density at radius 1 is 0.235 bits per heavy atom. The van der Waals surface area contributed by atoms with Gasteiger partial charge in [0.2, 0.25) is 0 Å².